The second-order valence-electron chi connectivity index (χ2n) is 5.59. The molecular weight excluding hydrogens is 431 g/mol. The van der Waals surface area contributed by atoms with Crippen LogP contribution in [0, 0.1) is 0 Å². The molecule has 0 N–H and O–H groups in total. The van der Waals surface area contributed by atoms with Crippen LogP contribution in [0.25, 0.3) is 0 Å². The number of carbonyl (C=O) groups excluding carboxylic acids is 3. The zero-order valence-electron chi connectivity index (χ0n) is 15.1. The standard InChI is InChI=1S/C6H5.3C4H8O2.Sn/c1-2-4-6-5-3-1;3*1-2-3-4(5)6;/h1-5H;3*2-3H2,1H3,(H,5,6);/q;;;;+3/p-3. The van der Waals surface area contributed by atoms with Crippen LogP contribution in [0.3, 0.4) is 0 Å². The van der Waals surface area contributed by atoms with Crippen molar-refractivity contribution in [3.8, 4) is 0 Å². The fraction of sp³-hybridized carbons (Fsp3) is 0.500. The van der Waals surface area contributed by atoms with Crippen LogP contribution in [0.1, 0.15) is 59.3 Å². The molecule has 0 heterocycles. The van der Waals surface area contributed by atoms with Crippen LogP contribution in [0.5, 0.6) is 0 Å². The molecule has 0 aliphatic rings. The Morgan fingerprint density at radius 2 is 1.08 bits per heavy atom. The van der Waals surface area contributed by atoms with E-state index in [1.807, 2.05) is 20.8 Å². The second-order valence-corrected chi connectivity index (χ2v) is 12.2. The van der Waals surface area contributed by atoms with Crippen LogP contribution in [0.4, 0.5) is 0 Å². The average Bonchev–Trinajstić information content (AvgIpc) is 2.56. The van der Waals surface area contributed by atoms with Gasteiger partial charge in [-0.2, -0.15) is 0 Å². The maximum atomic E-state index is 12.2. The summed E-state index contributed by atoms with van der Waals surface area (Å²) in [6, 6.07) is 8.60. The Hall–Kier alpha value is -1.57. The molecule has 0 saturated heterocycles. The summed E-state index contributed by atoms with van der Waals surface area (Å²) in [5.74, 6) is -1.55. The molecule has 0 atom stereocenters. The average molecular weight is 457 g/mol. The minimum atomic E-state index is -4.96. The second kappa shape index (κ2) is 11.1. The Labute approximate surface area is 154 Å². The van der Waals surface area contributed by atoms with Crippen molar-refractivity contribution in [2.45, 2.75) is 59.3 Å². The van der Waals surface area contributed by atoms with Gasteiger partial charge in [-0.1, -0.05) is 0 Å². The van der Waals surface area contributed by atoms with E-state index in [2.05, 4.69) is 0 Å². The van der Waals surface area contributed by atoms with Crippen molar-refractivity contribution in [2.75, 3.05) is 0 Å². The molecule has 0 saturated carbocycles. The van der Waals surface area contributed by atoms with Gasteiger partial charge >= 0.3 is 154 Å². The molecule has 0 fully saturated rings. The predicted molar refractivity (Wildman–Crippen MR) is 94.8 cm³/mol. The number of hydrogen-bond donors (Lipinski definition) is 0. The van der Waals surface area contributed by atoms with Crippen LogP contribution >= 0.6 is 0 Å². The summed E-state index contributed by atoms with van der Waals surface area (Å²) in [4.78, 5) is 36.5. The summed E-state index contributed by atoms with van der Waals surface area (Å²) < 4.78 is 17.2. The fourth-order valence-corrected chi connectivity index (χ4v) is 8.62. The first-order chi connectivity index (χ1) is 12.0. The summed E-state index contributed by atoms with van der Waals surface area (Å²) in [5, 5.41) is 0. The van der Waals surface area contributed by atoms with Gasteiger partial charge in [0.1, 0.15) is 0 Å². The molecule has 138 valence electrons. The summed E-state index contributed by atoms with van der Waals surface area (Å²) >= 11 is -4.96. The van der Waals surface area contributed by atoms with E-state index >= 15 is 0 Å². The van der Waals surface area contributed by atoms with Crippen LogP contribution in [-0.2, 0) is 23.6 Å². The van der Waals surface area contributed by atoms with E-state index in [0.717, 1.165) is 0 Å². The van der Waals surface area contributed by atoms with Crippen molar-refractivity contribution >= 4 is 41.1 Å². The van der Waals surface area contributed by atoms with Crippen LogP contribution < -0.4 is 3.58 Å². The monoisotopic (exact) mass is 458 g/mol. The van der Waals surface area contributed by atoms with Gasteiger partial charge in [0, 0.05) is 0 Å². The van der Waals surface area contributed by atoms with Crippen molar-refractivity contribution in [1.29, 1.82) is 0 Å². The molecule has 1 aromatic rings. The van der Waals surface area contributed by atoms with Crippen LogP contribution in [-0.4, -0.2) is 37.5 Å². The Kier molecular flexibility index (Phi) is 9.55. The van der Waals surface area contributed by atoms with E-state index in [1.54, 1.807) is 30.3 Å². The molecule has 7 heteroatoms. The summed E-state index contributed by atoms with van der Waals surface area (Å²) in [6.07, 6.45) is 2.26. The number of rotatable bonds is 10. The fourth-order valence-electron chi connectivity index (χ4n) is 2.10. The van der Waals surface area contributed by atoms with Gasteiger partial charge in [0.05, 0.1) is 0 Å². The SMILES string of the molecule is CCCC(=O)[O][Sn]([O]C(=O)CCC)([O]C(=O)CCC)[c]1ccccc1. The van der Waals surface area contributed by atoms with Gasteiger partial charge < -0.3 is 0 Å². The van der Waals surface area contributed by atoms with Gasteiger partial charge in [-0.05, 0) is 0 Å². The van der Waals surface area contributed by atoms with E-state index < -0.39 is 37.5 Å². The summed E-state index contributed by atoms with van der Waals surface area (Å²) in [6.45, 7) is 5.52. The first-order valence-electron chi connectivity index (χ1n) is 8.68. The Morgan fingerprint density at radius 3 is 1.40 bits per heavy atom. The molecule has 0 aliphatic heterocycles. The third-order valence-electron chi connectivity index (χ3n) is 3.23. The topological polar surface area (TPSA) is 78.9 Å². The van der Waals surface area contributed by atoms with Crippen molar-refractivity contribution in [3.63, 3.8) is 0 Å². The minimum absolute atomic E-state index is 0.169. The van der Waals surface area contributed by atoms with Gasteiger partial charge in [-0.3, -0.25) is 0 Å². The molecule has 1 rings (SSSR count). The van der Waals surface area contributed by atoms with Crippen molar-refractivity contribution < 1.29 is 23.6 Å². The van der Waals surface area contributed by atoms with Gasteiger partial charge in [0.25, 0.3) is 0 Å². The molecule has 0 amide bonds. The zero-order chi connectivity index (χ0) is 18.7. The first-order valence-corrected chi connectivity index (χ1v) is 13.6. The number of carbonyl (C=O) groups is 3. The molecule has 0 aliphatic carbocycles. The first kappa shape index (κ1) is 21.5. The number of hydrogen-bond acceptors (Lipinski definition) is 6. The molecule has 0 unspecified atom stereocenters. The summed E-state index contributed by atoms with van der Waals surface area (Å²) in [5.41, 5.74) is 0. The molecule has 0 radical (unpaired) electrons. The number of benzene rings is 1. The van der Waals surface area contributed by atoms with E-state index in [-0.39, 0.29) is 19.3 Å². The third-order valence-corrected chi connectivity index (χ3v) is 10.5. The van der Waals surface area contributed by atoms with Gasteiger partial charge in [0.15, 0.2) is 0 Å². The molecule has 25 heavy (non-hydrogen) atoms. The molecule has 0 spiro atoms. The molecule has 0 aromatic heterocycles. The van der Waals surface area contributed by atoms with E-state index in [0.29, 0.717) is 22.8 Å². The zero-order valence-corrected chi connectivity index (χ0v) is 17.9. The molecule has 6 nitrogen and oxygen atoms in total. The van der Waals surface area contributed by atoms with Gasteiger partial charge in [0.2, 0.25) is 0 Å². The van der Waals surface area contributed by atoms with Crippen molar-refractivity contribution in [2.24, 2.45) is 0 Å². The Balaban J connectivity index is 3.26. The van der Waals surface area contributed by atoms with Crippen molar-refractivity contribution in [1.82, 2.24) is 0 Å². The normalized spacial score (nSPS) is 10.8. The molecular formula is C18H26O6Sn. The third kappa shape index (κ3) is 7.05. The van der Waals surface area contributed by atoms with Crippen LogP contribution in [0.2, 0.25) is 0 Å². The predicted octanol–water partition coefficient (Wildman–Crippen LogP) is 2.86. The Morgan fingerprint density at radius 1 is 0.720 bits per heavy atom. The van der Waals surface area contributed by atoms with Crippen molar-refractivity contribution in [3.05, 3.63) is 30.3 Å². The van der Waals surface area contributed by atoms with E-state index in [9.17, 15) is 14.4 Å². The maximum absolute atomic E-state index is 12.2. The quantitative estimate of drug-likeness (QED) is 0.503. The van der Waals surface area contributed by atoms with E-state index in [4.69, 9.17) is 9.22 Å². The summed E-state index contributed by atoms with van der Waals surface area (Å²) in [7, 11) is 0. The van der Waals surface area contributed by atoms with Gasteiger partial charge in [-0.15, -0.1) is 0 Å². The van der Waals surface area contributed by atoms with Gasteiger partial charge in [-0.25, -0.2) is 0 Å². The molecule has 1 aromatic carbocycles. The Bertz CT molecular complexity index is 522. The molecule has 0 bridgehead atoms. The van der Waals surface area contributed by atoms with E-state index in [1.165, 1.54) is 0 Å². The van der Waals surface area contributed by atoms with Crippen LogP contribution in [0.15, 0.2) is 30.3 Å².